The Morgan fingerprint density at radius 1 is 0.789 bits per heavy atom. The molecular weight excluding hydrogens is 232 g/mol. The first kappa shape index (κ1) is 13.6. The zero-order valence-corrected chi connectivity index (χ0v) is 11.5. The molecule has 0 aliphatic rings. The fraction of sp³-hybridized carbons (Fsp3) is 0.294. The van der Waals surface area contributed by atoms with E-state index in [1.807, 2.05) is 6.07 Å². The van der Waals surface area contributed by atoms with Gasteiger partial charge >= 0.3 is 0 Å². The van der Waals surface area contributed by atoms with Gasteiger partial charge in [-0.2, -0.15) is 0 Å². The fourth-order valence-corrected chi connectivity index (χ4v) is 2.03. The molecule has 0 saturated carbocycles. The van der Waals surface area contributed by atoms with Crippen LogP contribution in [0.2, 0.25) is 0 Å². The third kappa shape index (κ3) is 4.42. The van der Waals surface area contributed by atoms with Gasteiger partial charge in [0.2, 0.25) is 0 Å². The lowest BCUT2D eigenvalue weighted by atomic mass is 10.1. The molecule has 2 nitrogen and oxygen atoms in total. The molecule has 2 N–H and O–H groups in total. The second kappa shape index (κ2) is 7.59. The van der Waals surface area contributed by atoms with E-state index in [-0.39, 0.29) is 0 Å². The molecule has 0 aliphatic carbocycles. The minimum absolute atomic E-state index is 1.01. The second-order valence-corrected chi connectivity index (χ2v) is 4.58. The highest BCUT2D eigenvalue weighted by Crippen LogP contribution is 2.20. The van der Waals surface area contributed by atoms with Gasteiger partial charge in [0.15, 0.2) is 0 Å². The van der Waals surface area contributed by atoms with E-state index >= 15 is 0 Å². The van der Waals surface area contributed by atoms with E-state index in [9.17, 15) is 0 Å². The van der Waals surface area contributed by atoms with Crippen LogP contribution in [0.15, 0.2) is 54.6 Å². The Labute approximate surface area is 115 Å². The molecule has 2 rings (SSSR count). The molecule has 0 radical (unpaired) electrons. The van der Waals surface area contributed by atoms with Crippen LogP contribution < -0.4 is 10.6 Å². The van der Waals surface area contributed by atoms with Crippen LogP contribution >= 0.6 is 0 Å². The lowest BCUT2D eigenvalue weighted by Gasteiger charge is -2.08. The Morgan fingerprint density at radius 2 is 1.47 bits per heavy atom. The van der Waals surface area contributed by atoms with Crippen LogP contribution in [0.3, 0.4) is 0 Å². The van der Waals surface area contributed by atoms with Crippen molar-refractivity contribution in [2.45, 2.75) is 13.3 Å². The Hall–Kier alpha value is -1.80. The van der Waals surface area contributed by atoms with E-state index in [4.69, 9.17) is 0 Å². The van der Waals surface area contributed by atoms with Crippen molar-refractivity contribution in [2.24, 2.45) is 0 Å². The largest absolute Gasteiger partial charge is 0.385 e. The lowest BCUT2D eigenvalue weighted by Crippen LogP contribution is -2.17. The zero-order chi connectivity index (χ0) is 13.3. The van der Waals surface area contributed by atoms with E-state index in [1.165, 1.54) is 16.8 Å². The maximum atomic E-state index is 3.44. The Morgan fingerprint density at radius 3 is 2.16 bits per heavy atom. The molecule has 0 heterocycles. The number of rotatable bonds is 7. The van der Waals surface area contributed by atoms with Crippen molar-refractivity contribution in [3.8, 4) is 11.1 Å². The van der Waals surface area contributed by atoms with Gasteiger partial charge in [0, 0.05) is 12.2 Å². The zero-order valence-electron chi connectivity index (χ0n) is 11.5. The molecule has 100 valence electrons. The molecule has 2 aromatic rings. The highest BCUT2D eigenvalue weighted by Gasteiger charge is 1.96. The first-order valence-corrected chi connectivity index (χ1v) is 7.00. The van der Waals surface area contributed by atoms with Crippen molar-refractivity contribution >= 4 is 5.69 Å². The van der Waals surface area contributed by atoms with Crippen molar-refractivity contribution in [1.29, 1.82) is 0 Å². The quantitative estimate of drug-likeness (QED) is 0.735. The smallest absolute Gasteiger partial charge is 0.0340 e. The standard InChI is InChI=1S/C17H22N2/c1-2-18-13-6-14-19-17-11-9-16(10-12-17)15-7-4-3-5-8-15/h3-5,7-12,18-19H,2,6,13-14H2,1H3. The highest BCUT2D eigenvalue weighted by molar-refractivity contribution is 5.65. The second-order valence-electron chi connectivity index (χ2n) is 4.58. The third-order valence-corrected chi connectivity index (χ3v) is 3.10. The summed E-state index contributed by atoms with van der Waals surface area (Å²) in [6.07, 6.45) is 1.15. The Balaban J connectivity index is 1.85. The minimum Gasteiger partial charge on any atom is -0.385 e. The monoisotopic (exact) mass is 254 g/mol. The maximum absolute atomic E-state index is 3.44. The lowest BCUT2D eigenvalue weighted by molar-refractivity contribution is 0.689. The van der Waals surface area contributed by atoms with Crippen molar-refractivity contribution in [3.63, 3.8) is 0 Å². The van der Waals surface area contributed by atoms with Gasteiger partial charge in [0.1, 0.15) is 0 Å². The van der Waals surface area contributed by atoms with E-state index in [1.54, 1.807) is 0 Å². The SMILES string of the molecule is CCNCCCNc1ccc(-c2ccccc2)cc1. The molecule has 0 fully saturated rings. The number of nitrogens with one attached hydrogen (secondary N) is 2. The topological polar surface area (TPSA) is 24.1 Å². The minimum atomic E-state index is 1.01. The summed E-state index contributed by atoms with van der Waals surface area (Å²) in [5.41, 5.74) is 3.72. The number of benzene rings is 2. The van der Waals surface area contributed by atoms with Crippen LogP contribution in [0.25, 0.3) is 11.1 Å². The average molecular weight is 254 g/mol. The van der Waals surface area contributed by atoms with Gasteiger partial charge in [-0.05, 0) is 42.8 Å². The van der Waals surface area contributed by atoms with Crippen LogP contribution in [0.1, 0.15) is 13.3 Å². The summed E-state index contributed by atoms with van der Waals surface area (Å²) in [5, 5.41) is 6.77. The summed E-state index contributed by atoms with van der Waals surface area (Å²) < 4.78 is 0. The third-order valence-electron chi connectivity index (χ3n) is 3.10. The van der Waals surface area contributed by atoms with Crippen molar-refractivity contribution in [2.75, 3.05) is 25.0 Å². The number of anilines is 1. The summed E-state index contributed by atoms with van der Waals surface area (Å²) in [4.78, 5) is 0. The summed E-state index contributed by atoms with van der Waals surface area (Å²) >= 11 is 0. The number of hydrogen-bond acceptors (Lipinski definition) is 2. The highest BCUT2D eigenvalue weighted by atomic mass is 14.9. The van der Waals surface area contributed by atoms with Gasteiger partial charge in [-0.15, -0.1) is 0 Å². The van der Waals surface area contributed by atoms with Crippen molar-refractivity contribution < 1.29 is 0 Å². The van der Waals surface area contributed by atoms with Crippen LogP contribution in [0.4, 0.5) is 5.69 Å². The molecule has 0 bridgehead atoms. The van der Waals surface area contributed by atoms with E-state index in [0.717, 1.165) is 26.1 Å². The summed E-state index contributed by atoms with van der Waals surface area (Å²) in [6, 6.07) is 19.1. The molecule has 0 aromatic heterocycles. The fourth-order valence-electron chi connectivity index (χ4n) is 2.03. The first-order chi connectivity index (χ1) is 9.40. The predicted octanol–water partition coefficient (Wildman–Crippen LogP) is 3.77. The molecule has 2 heteroatoms. The predicted molar refractivity (Wildman–Crippen MR) is 83.5 cm³/mol. The molecule has 2 aromatic carbocycles. The molecular formula is C17H22N2. The normalized spacial score (nSPS) is 10.4. The molecule has 0 unspecified atom stereocenters. The first-order valence-electron chi connectivity index (χ1n) is 7.00. The summed E-state index contributed by atoms with van der Waals surface area (Å²) in [5.74, 6) is 0. The van der Waals surface area contributed by atoms with Gasteiger partial charge in [-0.3, -0.25) is 0 Å². The molecule has 0 saturated heterocycles. The van der Waals surface area contributed by atoms with Gasteiger partial charge in [0.05, 0.1) is 0 Å². The Bertz CT molecular complexity index is 462. The molecule has 0 spiro atoms. The van der Waals surface area contributed by atoms with Crippen LogP contribution in [-0.4, -0.2) is 19.6 Å². The molecule has 0 aliphatic heterocycles. The van der Waals surface area contributed by atoms with Gasteiger partial charge in [-0.25, -0.2) is 0 Å². The van der Waals surface area contributed by atoms with E-state index in [0.29, 0.717) is 0 Å². The van der Waals surface area contributed by atoms with Gasteiger partial charge in [0.25, 0.3) is 0 Å². The van der Waals surface area contributed by atoms with Crippen LogP contribution in [0, 0.1) is 0 Å². The number of hydrogen-bond donors (Lipinski definition) is 2. The summed E-state index contributed by atoms with van der Waals surface area (Å²) in [6.45, 7) is 5.27. The van der Waals surface area contributed by atoms with Crippen molar-refractivity contribution in [1.82, 2.24) is 5.32 Å². The van der Waals surface area contributed by atoms with Gasteiger partial charge < -0.3 is 10.6 Å². The van der Waals surface area contributed by atoms with Crippen LogP contribution in [-0.2, 0) is 0 Å². The molecule has 0 amide bonds. The molecule has 19 heavy (non-hydrogen) atoms. The Kier molecular flexibility index (Phi) is 5.45. The average Bonchev–Trinajstić information content (AvgIpc) is 2.49. The summed E-state index contributed by atoms with van der Waals surface area (Å²) in [7, 11) is 0. The van der Waals surface area contributed by atoms with Gasteiger partial charge in [-0.1, -0.05) is 49.4 Å². The van der Waals surface area contributed by atoms with E-state index in [2.05, 4.69) is 66.1 Å². The van der Waals surface area contributed by atoms with Crippen LogP contribution in [0.5, 0.6) is 0 Å². The maximum Gasteiger partial charge on any atom is 0.0340 e. The molecule has 0 atom stereocenters. The van der Waals surface area contributed by atoms with E-state index < -0.39 is 0 Å². The van der Waals surface area contributed by atoms with Crippen molar-refractivity contribution in [3.05, 3.63) is 54.6 Å².